The Morgan fingerprint density at radius 3 is 2.85 bits per heavy atom. The summed E-state index contributed by atoms with van der Waals surface area (Å²) in [5.74, 6) is 0.464. The van der Waals surface area contributed by atoms with Crippen molar-refractivity contribution in [3.8, 4) is 5.75 Å². The summed E-state index contributed by atoms with van der Waals surface area (Å²) in [4.78, 5) is 13.9. The van der Waals surface area contributed by atoms with Crippen molar-refractivity contribution in [1.82, 2.24) is 4.90 Å². The molecule has 1 aliphatic carbocycles. The van der Waals surface area contributed by atoms with Gasteiger partial charge < -0.3 is 9.47 Å². The molecule has 136 valence electrons. The first kappa shape index (κ1) is 17.0. The van der Waals surface area contributed by atoms with Crippen molar-refractivity contribution in [3.63, 3.8) is 0 Å². The van der Waals surface area contributed by atoms with Crippen molar-refractivity contribution in [1.29, 1.82) is 0 Å². The smallest absolute Gasteiger partial charge is 0.311 e. The number of ether oxygens (including phenoxy) is 2. The molecule has 2 aromatic rings. The van der Waals surface area contributed by atoms with Crippen molar-refractivity contribution < 1.29 is 18.7 Å². The van der Waals surface area contributed by atoms with Crippen LogP contribution >= 0.6 is 0 Å². The van der Waals surface area contributed by atoms with Gasteiger partial charge in [-0.1, -0.05) is 18.2 Å². The third-order valence-corrected chi connectivity index (χ3v) is 5.34. The summed E-state index contributed by atoms with van der Waals surface area (Å²) in [7, 11) is 1.45. The van der Waals surface area contributed by atoms with Crippen LogP contribution in [-0.4, -0.2) is 31.1 Å². The SMILES string of the molecule is COC(=O)C1CN(C2CCc3cc(OCc4cccc(F)c4)ccc32)C1. The number of benzene rings is 2. The van der Waals surface area contributed by atoms with Gasteiger partial charge >= 0.3 is 5.97 Å². The third kappa shape index (κ3) is 3.31. The normalized spacial score (nSPS) is 19.7. The first-order valence-corrected chi connectivity index (χ1v) is 8.96. The fourth-order valence-electron chi connectivity index (χ4n) is 3.92. The van der Waals surface area contributed by atoms with Crippen LogP contribution in [0.2, 0.25) is 0 Å². The van der Waals surface area contributed by atoms with Gasteiger partial charge in [-0.05, 0) is 53.8 Å². The second-order valence-corrected chi connectivity index (χ2v) is 7.01. The number of likely N-dealkylation sites (tertiary alicyclic amines) is 1. The summed E-state index contributed by atoms with van der Waals surface area (Å²) in [6.45, 7) is 1.90. The molecule has 0 aromatic heterocycles. The molecule has 2 aromatic carbocycles. The molecule has 0 N–H and O–H groups in total. The van der Waals surface area contributed by atoms with Crippen molar-refractivity contribution in [2.24, 2.45) is 5.92 Å². The number of nitrogens with zero attached hydrogens (tertiary/aromatic N) is 1. The summed E-state index contributed by atoms with van der Waals surface area (Å²) in [5.41, 5.74) is 3.44. The molecule has 1 aliphatic heterocycles. The molecule has 0 saturated carbocycles. The van der Waals surface area contributed by atoms with E-state index < -0.39 is 0 Å². The Labute approximate surface area is 152 Å². The standard InChI is InChI=1S/C21H22FNO3/c1-25-21(24)16-11-23(12-16)20-8-5-15-10-18(6-7-19(15)20)26-13-14-3-2-4-17(22)9-14/h2-4,6-7,9-10,16,20H,5,8,11-13H2,1H3. The van der Waals surface area contributed by atoms with E-state index in [1.807, 2.05) is 12.1 Å². The maximum absolute atomic E-state index is 13.2. The summed E-state index contributed by atoms with van der Waals surface area (Å²) < 4.78 is 23.9. The highest BCUT2D eigenvalue weighted by Gasteiger charge is 2.40. The lowest BCUT2D eigenvalue weighted by Crippen LogP contribution is -2.51. The number of hydrogen-bond acceptors (Lipinski definition) is 4. The molecule has 1 unspecified atom stereocenters. The van der Waals surface area contributed by atoms with Crippen molar-refractivity contribution in [2.45, 2.75) is 25.5 Å². The molecule has 2 aliphatic rings. The molecule has 1 heterocycles. The summed E-state index contributed by atoms with van der Waals surface area (Å²) >= 11 is 0. The summed E-state index contributed by atoms with van der Waals surface area (Å²) in [5, 5.41) is 0. The minimum absolute atomic E-state index is 0.0120. The lowest BCUT2D eigenvalue weighted by atomic mass is 9.95. The number of hydrogen-bond donors (Lipinski definition) is 0. The van der Waals surface area contributed by atoms with E-state index in [0.29, 0.717) is 12.6 Å². The number of rotatable bonds is 5. The van der Waals surface area contributed by atoms with Crippen LogP contribution in [0.1, 0.15) is 29.2 Å². The van der Waals surface area contributed by atoms with Gasteiger partial charge in [0.15, 0.2) is 0 Å². The van der Waals surface area contributed by atoms with Crippen LogP contribution in [0.3, 0.4) is 0 Å². The quantitative estimate of drug-likeness (QED) is 0.770. The van der Waals surface area contributed by atoms with Gasteiger partial charge in [0.1, 0.15) is 18.2 Å². The van der Waals surface area contributed by atoms with Crippen molar-refractivity contribution in [2.75, 3.05) is 20.2 Å². The van der Waals surface area contributed by atoms with E-state index in [1.165, 1.54) is 30.4 Å². The number of fused-ring (bicyclic) bond motifs is 1. The van der Waals surface area contributed by atoms with E-state index in [4.69, 9.17) is 9.47 Å². The van der Waals surface area contributed by atoms with Crippen LogP contribution in [0, 0.1) is 11.7 Å². The fraction of sp³-hybridized carbons (Fsp3) is 0.381. The Hall–Kier alpha value is -2.40. The van der Waals surface area contributed by atoms with Gasteiger partial charge in [-0.2, -0.15) is 0 Å². The van der Waals surface area contributed by atoms with Crippen LogP contribution in [-0.2, 0) is 22.6 Å². The van der Waals surface area contributed by atoms with Crippen LogP contribution in [0.4, 0.5) is 4.39 Å². The molecule has 0 spiro atoms. The highest BCUT2D eigenvalue weighted by atomic mass is 19.1. The van der Waals surface area contributed by atoms with E-state index in [9.17, 15) is 9.18 Å². The van der Waals surface area contributed by atoms with Crippen LogP contribution in [0.15, 0.2) is 42.5 Å². The molecule has 1 atom stereocenters. The first-order valence-electron chi connectivity index (χ1n) is 8.96. The molecule has 0 radical (unpaired) electrons. The monoisotopic (exact) mass is 355 g/mol. The zero-order valence-electron chi connectivity index (χ0n) is 14.8. The molecule has 1 fully saturated rings. The van der Waals surface area contributed by atoms with Crippen LogP contribution in [0.25, 0.3) is 0 Å². The number of esters is 1. The van der Waals surface area contributed by atoms with E-state index in [0.717, 1.165) is 37.2 Å². The Balaban J connectivity index is 1.38. The molecule has 0 amide bonds. The largest absolute Gasteiger partial charge is 0.489 e. The number of aryl methyl sites for hydroxylation is 1. The Morgan fingerprint density at radius 2 is 2.08 bits per heavy atom. The molecule has 5 heteroatoms. The van der Waals surface area contributed by atoms with E-state index in [1.54, 1.807) is 6.07 Å². The van der Waals surface area contributed by atoms with Crippen molar-refractivity contribution >= 4 is 5.97 Å². The van der Waals surface area contributed by atoms with Crippen LogP contribution < -0.4 is 4.74 Å². The highest BCUT2D eigenvalue weighted by molar-refractivity contribution is 5.73. The molecule has 4 rings (SSSR count). The Morgan fingerprint density at radius 1 is 1.23 bits per heavy atom. The molecule has 0 bridgehead atoms. The minimum Gasteiger partial charge on any atom is -0.489 e. The zero-order valence-corrected chi connectivity index (χ0v) is 14.8. The summed E-state index contributed by atoms with van der Waals surface area (Å²) in [6, 6.07) is 13.0. The molecule has 1 saturated heterocycles. The molecular formula is C21H22FNO3. The number of carbonyl (C=O) groups is 1. The van der Waals surface area contributed by atoms with E-state index in [-0.39, 0.29) is 17.7 Å². The molecule has 4 nitrogen and oxygen atoms in total. The van der Waals surface area contributed by atoms with Crippen LogP contribution in [0.5, 0.6) is 5.75 Å². The van der Waals surface area contributed by atoms with Gasteiger partial charge in [-0.25, -0.2) is 4.39 Å². The van der Waals surface area contributed by atoms with Gasteiger partial charge in [0.05, 0.1) is 13.0 Å². The predicted molar refractivity (Wildman–Crippen MR) is 95.3 cm³/mol. The highest BCUT2D eigenvalue weighted by Crippen LogP contribution is 2.40. The predicted octanol–water partition coefficient (Wildman–Crippen LogP) is 3.50. The fourth-order valence-corrected chi connectivity index (χ4v) is 3.92. The lowest BCUT2D eigenvalue weighted by Gasteiger charge is -2.41. The zero-order chi connectivity index (χ0) is 18.1. The van der Waals surface area contributed by atoms with Crippen molar-refractivity contribution in [3.05, 3.63) is 65.0 Å². The average Bonchev–Trinajstić information content (AvgIpc) is 3.01. The third-order valence-electron chi connectivity index (χ3n) is 5.34. The molecule has 26 heavy (non-hydrogen) atoms. The van der Waals surface area contributed by atoms with E-state index >= 15 is 0 Å². The maximum Gasteiger partial charge on any atom is 0.311 e. The maximum atomic E-state index is 13.2. The average molecular weight is 355 g/mol. The molecular weight excluding hydrogens is 333 g/mol. The summed E-state index contributed by atoms with van der Waals surface area (Å²) in [6.07, 6.45) is 2.08. The van der Waals surface area contributed by atoms with Gasteiger partial charge in [-0.3, -0.25) is 9.69 Å². The van der Waals surface area contributed by atoms with Gasteiger partial charge in [0.25, 0.3) is 0 Å². The number of halogens is 1. The topological polar surface area (TPSA) is 38.8 Å². The second kappa shape index (κ2) is 7.08. The second-order valence-electron chi connectivity index (χ2n) is 7.01. The lowest BCUT2D eigenvalue weighted by molar-refractivity contribution is -0.152. The Kier molecular flexibility index (Phi) is 4.64. The first-order chi connectivity index (χ1) is 12.6. The van der Waals surface area contributed by atoms with Gasteiger partial charge in [0, 0.05) is 19.1 Å². The number of carbonyl (C=O) groups excluding carboxylic acids is 1. The Bertz CT molecular complexity index is 817. The van der Waals surface area contributed by atoms with E-state index in [2.05, 4.69) is 17.0 Å². The minimum atomic E-state index is -0.247. The van der Waals surface area contributed by atoms with Gasteiger partial charge in [0.2, 0.25) is 0 Å². The van der Waals surface area contributed by atoms with Gasteiger partial charge in [-0.15, -0.1) is 0 Å². The number of methoxy groups -OCH3 is 1.